The molecule has 0 saturated carbocycles. The number of nitrogens with one attached hydrogen (secondary N) is 1. The van der Waals surface area contributed by atoms with E-state index in [0.29, 0.717) is 17.1 Å². The molecule has 3 N–H and O–H groups in total. The molecule has 1 atom stereocenters. The average Bonchev–Trinajstić information content (AvgIpc) is 3.03. The zero-order valence-corrected chi connectivity index (χ0v) is 14.1. The van der Waals surface area contributed by atoms with Crippen LogP contribution in [0.4, 0.5) is 11.4 Å². The van der Waals surface area contributed by atoms with Gasteiger partial charge in [-0.2, -0.15) is 0 Å². The molecule has 1 fully saturated rings. The predicted octanol–water partition coefficient (Wildman–Crippen LogP) is 1.54. The number of nitrogens with zero attached hydrogens (tertiary/aromatic N) is 1. The number of ether oxygens (including phenoxy) is 1. The van der Waals surface area contributed by atoms with Crippen LogP contribution in [0.25, 0.3) is 0 Å². The summed E-state index contributed by atoms with van der Waals surface area (Å²) in [7, 11) is 0. The number of carbonyl (C=O) groups excluding carboxylic acids is 3. The molecule has 0 spiro atoms. The molecular formula is C19H19N3O4. The van der Waals surface area contributed by atoms with Gasteiger partial charge < -0.3 is 20.7 Å². The Morgan fingerprint density at radius 3 is 2.42 bits per heavy atom. The first-order chi connectivity index (χ1) is 12.5. The second kappa shape index (κ2) is 7.69. The molecule has 1 saturated heterocycles. The van der Waals surface area contributed by atoms with Crippen LogP contribution in [-0.2, 0) is 14.4 Å². The maximum Gasteiger partial charge on any atom is 0.262 e. The maximum absolute atomic E-state index is 12.0. The second-order valence-corrected chi connectivity index (χ2v) is 6.00. The molecule has 0 radical (unpaired) electrons. The average molecular weight is 353 g/mol. The predicted molar refractivity (Wildman–Crippen MR) is 96.7 cm³/mol. The SMILES string of the molecule is NC(=O)[C@@H]1CC(=O)N(c2ccc(OCC(=O)Nc3ccccc3)cc2)C1. The fourth-order valence-electron chi connectivity index (χ4n) is 2.74. The van der Waals surface area contributed by atoms with Crippen LogP contribution in [-0.4, -0.2) is 30.9 Å². The third-order valence-corrected chi connectivity index (χ3v) is 4.10. The molecule has 7 heteroatoms. The van der Waals surface area contributed by atoms with Crippen LogP contribution in [0.3, 0.4) is 0 Å². The van der Waals surface area contributed by atoms with E-state index in [4.69, 9.17) is 10.5 Å². The highest BCUT2D eigenvalue weighted by Crippen LogP contribution is 2.26. The Morgan fingerprint density at radius 1 is 1.12 bits per heavy atom. The molecule has 1 aliphatic rings. The zero-order valence-electron chi connectivity index (χ0n) is 14.1. The van der Waals surface area contributed by atoms with Crippen LogP contribution in [0.15, 0.2) is 54.6 Å². The first kappa shape index (κ1) is 17.5. The standard InChI is InChI=1S/C19H19N3O4/c20-19(25)13-10-18(24)22(11-13)15-6-8-16(9-7-15)26-12-17(23)21-14-4-2-1-3-5-14/h1-9,13H,10-12H2,(H2,20,25)(H,21,23)/t13-/m1/s1. The number of hydrogen-bond acceptors (Lipinski definition) is 4. The molecule has 2 aromatic rings. The van der Waals surface area contributed by atoms with Crippen molar-refractivity contribution >= 4 is 29.1 Å². The number of anilines is 2. The van der Waals surface area contributed by atoms with Gasteiger partial charge in [0.2, 0.25) is 11.8 Å². The van der Waals surface area contributed by atoms with Crippen LogP contribution in [0.2, 0.25) is 0 Å². The minimum absolute atomic E-state index is 0.124. The van der Waals surface area contributed by atoms with Crippen molar-refractivity contribution in [1.82, 2.24) is 0 Å². The highest BCUT2D eigenvalue weighted by Gasteiger charge is 2.33. The number of hydrogen-bond donors (Lipinski definition) is 2. The van der Waals surface area contributed by atoms with E-state index in [1.54, 1.807) is 36.4 Å². The number of primary amides is 1. The van der Waals surface area contributed by atoms with Crippen molar-refractivity contribution in [3.63, 3.8) is 0 Å². The molecule has 0 bridgehead atoms. The van der Waals surface area contributed by atoms with E-state index in [-0.39, 0.29) is 31.4 Å². The lowest BCUT2D eigenvalue weighted by molar-refractivity contribution is -0.123. The lowest BCUT2D eigenvalue weighted by Gasteiger charge is -2.16. The Hall–Kier alpha value is -3.35. The van der Waals surface area contributed by atoms with Crippen LogP contribution < -0.4 is 20.7 Å². The minimum Gasteiger partial charge on any atom is -0.484 e. The Bertz CT molecular complexity index is 805. The highest BCUT2D eigenvalue weighted by molar-refractivity contribution is 6.00. The normalized spacial score (nSPS) is 16.4. The molecule has 0 aromatic heterocycles. The number of carbonyl (C=O) groups is 3. The summed E-state index contributed by atoms with van der Waals surface area (Å²) in [6, 6.07) is 15.9. The van der Waals surface area contributed by atoms with E-state index < -0.39 is 11.8 Å². The summed E-state index contributed by atoms with van der Waals surface area (Å²) in [6.07, 6.45) is 0.132. The van der Waals surface area contributed by atoms with Gasteiger partial charge in [0.05, 0.1) is 5.92 Å². The molecule has 1 heterocycles. The van der Waals surface area contributed by atoms with Crippen molar-refractivity contribution in [3.05, 3.63) is 54.6 Å². The molecule has 0 aliphatic carbocycles. The van der Waals surface area contributed by atoms with E-state index in [9.17, 15) is 14.4 Å². The van der Waals surface area contributed by atoms with Crippen molar-refractivity contribution in [2.45, 2.75) is 6.42 Å². The van der Waals surface area contributed by atoms with Crippen LogP contribution in [0.5, 0.6) is 5.75 Å². The Morgan fingerprint density at radius 2 is 1.81 bits per heavy atom. The first-order valence-corrected chi connectivity index (χ1v) is 8.20. The van der Waals surface area contributed by atoms with Gasteiger partial charge in [-0.15, -0.1) is 0 Å². The lowest BCUT2D eigenvalue weighted by Crippen LogP contribution is -2.28. The van der Waals surface area contributed by atoms with E-state index in [1.807, 2.05) is 18.2 Å². The van der Waals surface area contributed by atoms with Gasteiger partial charge >= 0.3 is 0 Å². The topological polar surface area (TPSA) is 102 Å². The Balaban J connectivity index is 1.54. The number of benzene rings is 2. The molecular weight excluding hydrogens is 334 g/mol. The van der Waals surface area contributed by atoms with Crippen molar-refractivity contribution in [2.24, 2.45) is 11.7 Å². The Kier molecular flexibility index (Phi) is 5.17. The maximum atomic E-state index is 12.0. The molecule has 3 rings (SSSR count). The summed E-state index contributed by atoms with van der Waals surface area (Å²) in [5, 5.41) is 2.73. The highest BCUT2D eigenvalue weighted by atomic mass is 16.5. The van der Waals surface area contributed by atoms with Crippen LogP contribution in [0, 0.1) is 5.92 Å². The summed E-state index contributed by atoms with van der Waals surface area (Å²) in [6.45, 7) is 0.161. The Labute approximate surface area is 150 Å². The second-order valence-electron chi connectivity index (χ2n) is 6.00. The zero-order chi connectivity index (χ0) is 18.5. The molecule has 1 aliphatic heterocycles. The summed E-state index contributed by atoms with van der Waals surface area (Å²) in [5.41, 5.74) is 6.64. The molecule has 134 valence electrons. The van der Waals surface area contributed by atoms with Crippen molar-refractivity contribution < 1.29 is 19.1 Å². The third-order valence-electron chi connectivity index (χ3n) is 4.10. The van der Waals surface area contributed by atoms with Gasteiger partial charge in [-0.25, -0.2) is 0 Å². The third kappa shape index (κ3) is 4.18. The number of nitrogens with two attached hydrogens (primary N) is 1. The monoisotopic (exact) mass is 353 g/mol. The molecule has 3 amide bonds. The number of para-hydroxylation sites is 1. The summed E-state index contributed by atoms with van der Waals surface area (Å²) < 4.78 is 5.45. The summed E-state index contributed by atoms with van der Waals surface area (Å²) in [4.78, 5) is 36.6. The van der Waals surface area contributed by atoms with Gasteiger partial charge in [-0.1, -0.05) is 18.2 Å². The number of amides is 3. The summed E-state index contributed by atoms with van der Waals surface area (Å²) in [5.74, 6) is -0.815. The smallest absolute Gasteiger partial charge is 0.262 e. The minimum atomic E-state index is -0.467. The fourth-order valence-corrected chi connectivity index (χ4v) is 2.74. The van der Waals surface area contributed by atoms with Crippen molar-refractivity contribution in [1.29, 1.82) is 0 Å². The molecule has 0 unspecified atom stereocenters. The summed E-state index contributed by atoms with van der Waals surface area (Å²) >= 11 is 0. The van der Waals surface area contributed by atoms with Gasteiger partial charge in [0.25, 0.3) is 5.91 Å². The van der Waals surface area contributed by atoms with Gasteiger partial charge in [-0.3, -0.25) is 14.4 Å². The first-order valence-electron chi connectivity index (χ1n) is 8.20. The van der Waals surface area contributed by atoms with E-state index in [2.05, 4.69) is 5.32 Å². The largest absolute Gasteiger partial charge is 0.484 e. The van der Waals surface area contributed by atoms with Crippen molar-refractivity contribution in [2.75, 3.05) is 23.4 Å². The van der Waals surface area contributed by atoms with Gasteiger partial charge in [-0.05, 0) is 36.4 Å². The molecule has 2 aromatic carbocycles. The fraction of sp³-hybridized carbons (Fsp3) is 0.211. The molecule has 26 heavy (non-hydrogen) atoms. The number of rotatable bonds is 6. The lowest BCUT2D eigenvalue weighted by atomic mass is 10.1. The molecule has 7 nitrogen and oxygen atoms in total. The van der Waals surface area contributed by atoms with E-state index >= 15 is 0 Å². The van der Waals surface area contributed by atoms with Crippen LogP contribution in [0.1, 0.15) is 6.42 Å². The quantitative estimate of drug-likeness (QED) is 0.822. The van der Waals surface area contributed by atoms with Gasteiger partial charge in [0.1, 0.15) is 5.75 Å². The van der Waals surface area contributed by atoms with Crippen molar-refractivity contribution in [3.8, 4) is 5.75 Å². The van der Waals surface area contributed by atoms with E-state index in [0.717, 1.165) is 0 Å². The van der Waals surface area contributed by atoms with Crippen LogP contribution >= 0.6 is 0 Å². The van der Waals surface area contributed by atoms with Gasteiger partial charge in [0, 0.05) is 24.3 Å². The van der Waals surface area contributed by atoms with E-state index in [1.165, 1.54) is 4.90 Å². The van der Waals surface area contributed by atoms with Gasteiger partial charge in [0.15, 0.2) is 6.61 Å².